The van der Waals surface area contributed by atoms with E-state index in [0.29, 0.717) is 6.42 Å². The molecule has 0 amide bonds. The zero-order valence-corrected chi connectivity index (χ0v) is 16.7. The lowest BCUT2D eigenvalue weighted by Gasteiger charge is -2.10. The maximum atomic E-state index is 10.6. The summed E-state index contributed by atoms with van der Waals surface area (Å²) >= 11 is 0. The van der Waals surface area contributed by atoms with Crippen LogP contribution in [0.5, 0.6) is 0 Å². The van der Waals surface area contributed by atoms with Crippen molar-refractivity contribution in [3.8, 4) is 0 Å². The molecule has 4 nitrogen and oxygen atoms in total. The van der Waals surface area contributed by atoms with Gasteiger partial charge in [0.05, 0.1) is 5.75 Å². The van der Waals surface area contributed by atoms with Crippen molar-refractivity contribution in [2.24, 2.45) is 5.73 Å². The van der Waals surface area contributed by atoms with Gasteiger partial charge in [-0.2, -0.15) is 8.42 Å². The van der Waals surface area contributed by atoms with Crippen LogP contribution in [0.4, 0.5) is 0 Å². The average Bonchev–Trinajstić information content (AvgIpc) is 2.52. The summed E-state index contributed by atoms with van der Waals surface area (Å²) in [5.74, 6) is -0.216. The van der Waals surface area contributed by atoms with Crippen molar-refractivity contribution in [3.63, 3.8) is 0 Å². The lowest BCUT2D eigenvalue weighted by Crippen LogP contribution is -2.23. The van der Waals surface area contributed by atoms with Gasteiger partial charge in [-0.05, 0) is 12.8 Å². The lowest BCUT2D eigenvalue weighted by atomic mass is 10.0. The molecule has 1 unspecified atom stereocenters. The van der Waals surface area contributed by atoms with Crippen molar-refractivity contribution >= 4 is 10.1 Å². The molecule has 0 aliphatic heterocycles. The van der Waals surface area contributed by atoms with Crippen molar-refractivity contribution in [2.45, 2.75) is 116 Å². The highest BCUT2D eigenvalue weighted by Crippen LogP contribution is 2.14. The van der Waals surface area contributed by atoms with Gasteiger partial charge in [-0.3, -0.25) is 4.55 Å². The Morgan fingerprint density at radius 2 is 1.08 bits per heavy atom. The Hall–Kier alpha value is -0.130. The highest BCUT2D eigenvalue weighted by atomic mass is 32.2. The molecule has 3 N–H and O–H groups in total. The van der Waals surface area contributed by atoms with Crippen LogP contribution in [-0.4, -0.2) is 24.8 Å². The first-order valence-corrected chi connectivity index (χ1v) is 11.8. The Labute approximate surface area is 150 Å². The minimum absolute atomic E-state index is 0.107. The number of unbranched alkanes of at least 4 members (excludes halogenated alkanes) is 13. The monoisotopic (exact) mass is 363 g/mol. The van der Waals surface area contributed by atoms with E-state index in [-0.39, 0.29) is 11.8 Å². The molecule has 1 atom stereocenters. The van der Waals surface area contributed by atoms with Crippen LogP contribution in [-0.2, 0) is 10.1 Å². The Morgan fingerprint density at radius 1 is 0.708 bits per heavy atom. The molecule has 0 aliphatic rings. The van der Waals surface area contributed by atoms with E-state index in [9.17, 15) is 8.42 Å². The van der Waals surface area contributed by atoms with Crippen LogP contribution in [0.15, 0.2) is 0 Å². The fourth-order valence-electron chi connectivity index (χ4n) is 3.05. The minimum Gasteiger partial charge on any atom is -0.328 e. The van der Waals surface area contributed by atoms with Crippen LogP contribution in [0.3, 0.4) is 0 Å². The molecule has 0 rings (SSSR count). The van der Waals surface area contributed by atoms with Gasteiger partial charge in [0.15, 0.2) is 0 Å². The van der Waals surface area contributed by atoms with Gasteiger partial charge >= 0.3 is 0 Å². The molecule has 0 aliphatic carbocycles. The third-order valence-electron chi connectivity index (χ3n) is 4.68. The van der Waals surface area contributed by atoms with Crippen LogP contribution >= 0.6 is 0 Å². The Morgan fingerprint density at radius 3 is 1.46 bits per heavy atom. The first kappa shape index (κ1) is 23.9. The molecule has 0 radical (unpaired) electrons. The summed E-state index contributed by atoms with van der Waals surface area (Å²) in [7, 11) is -3.86. The standard InChI is InChI=1S/C19H41NO3S/c1-2-3-4-5-6-7-8-9-10-11-12-13-14-15-16-19(20)17-18-24(21,22)23/h19H,2-18,20H2,1H3,(H,21,22,23). The van der Waals surface area contributed by atoms with Crippen LogP contribution in [0.1, 0.15) is 110 Å². The molecule has 0 bridgehead atoms. The summed E-state index contributed by atoms with van der Waals surface area (Å²) in [5.41, 5.74) is 5.85. The summed E-state index contributed by atoms with van der Waals surface area (Å²) in [5, 5.41) is 0. The second-order valence-corrected chi connectivity index (χ2v) is 8.79. The summed E-state index contributed by atoms with van der Waals surface area (Å²) in [6.45, 7) is 2.26. The largest absolute Gasteiger partial charge is 0.328 e. The maximum absolute atomic E-state index is 10.6. The van der Waals surface area contributed by atoms with Gasteiger partial charge in [0, 0.05) is 6.04 Å². The van der Waals surface area contributed by atoms with E-state index in [0.717, 1.165) is 12.8 Å². The van der Waals surface area contributed by atoms with E-state index < -0.39 is 10.1 Å². The summed E-state index contributed by atoms with van der Waals surface area (Å²) in [6.07, 6.45) is 19.9. The number of hydrogen-bond acceptors (Lipinski definition) is 3. The zero-order chi connectivity index (χ0) is 18.1. The molecular weight excluding hydrogens is 322 g/mol. The quantitative estimate of drug-likeness (QED) is 0.250. The van der Waals surface area contributed by atoms with Gasteiger partial charge in [0.25, 0.3) is 10.1 Å². The molecule has 24 heavy (non-hydrogen) atoms. The van der Waals surface area contributed by atoms with E-state index in [1.54, 1.807) is 0 Å². The van der Waals surface area contributed by atoms with E-state index >= 15 is 0 Å². The molecule has 0 saturated heterocycles. The molecule has 0 aromatic rings. The summed E-state index contributed by atoms with van der Waals surface area (Å²) < 4.78 is 30.0. The van der Waals surface area contributed by atoms with Crippen molar-refractivity contribution in [2.75, 3.05) is 5.75 Å². The molecule has 0 spiro atoms. The van der Waals surface area contributed by atoms with E-state index in [1.807, 2.05) is 0 Å². The summed E-state index contributed by atoms with van der Waals surface area (Å²) in [6, 6.07) is -0.107. The smallest absolute Gasteiger partial charge is 0.264 e. The van der Waals surface area contributed by atoms with Gasteiger partial charge < -0.3 is 5.73 Å². The average molecular weight is 364 g/mol. The van der Waals surface area contributed by atoms with Gasteiger partial charge in [0.1, 0.15) is 0 Å². The fraction of sp³-hybridized carbons (Fsp3) is 1.00. The van der Waals surface area contributed by atoms with Crippen LogP contribution in [0.25, 0.3) is 0 Å². The number of hydrogen-bond donors (Lipinski definition) is 2. The van der Waals surface area contributed by atoms with Crippen molar-refractivity contribution in [3.05, 3.63) is 0 Å². The van der Waals surface area contributed by atoms with E-state index in [4.69, 9.17) is 10.3 Å². The molecule has 146 valence electrons. The van der Waals surface area contributed by atoms with Crippen molar-refractivity contribution in [1.29, 1.82) is 0 Å². The van der Waals surface area contributed by atoms with Gasteiger partial charge in [0.2, 0.25) is 0 Å². The number of nitrogens with two attached hydrogens (primary N) is 1. The van der Waals surface area contributed by atoms with Gasteiger partial charge in [-0.25, -0.2) is 0 Å². The second-order valence-electron chi connectivity index (χ2n) is 7.22. The zero-order valence-electron chi connectivity index (χ0n) is 15.8. The molecule has 5 heteroatoms. The molecule has 0 heterocycles. The minimum atomic E-state index is -3.86. The SMILES string of the molecule is CCCCCCCCCCCCCCCCC(N)CCS(=O)(=O)O. The Kier molecular flexibility index (Phi) is 16.3. The predicted molar refractivity (Wildman–Crippen MR) is 104 cm³/mol. The number of rotatable bonds is 18. The lowest BCUT2D eigenvalue weighted by molar-refractivity contribution is 0.470. The highest BCUT2D eigenvalue weighted by Gasteiger charge is 2.09. The fourth-order valence-corrected chi connectivity index (χ4v) is 3.65. The van der Waals surface area contributed by atoms with Crippen LogP contribution in [0.2, 0.25) is 0 Å². The predicted octanol–water partition coefficient (Wildman–Crippen LogP) is 5.46. The Bertz CT molecular complexity index is 358. The molecule has 0 fully saturated rings. The summed E-state index contributed by atoms with van der Waals surface area (Å²) in [4.78, 5) is 0. The van der Waals surface area contributed by atoms with Gasteiger partial charge in [-0.1, -0.05) is 96.8 Å². The molecular formula is C19H41NO3S. The maximum Gasteiger partial charge on any atom is 0.264 e. The topological polar surface area (TPSA) is 80.4 Å². The third-order valence-corrected chi connectivity index (χ3v) is 5.43. The third kappa shape index (κ3) is 19.9. The second kappa shape index (κ2) is 16.3. The molecule has 0 aromatic heterocycles. The highest BCUT2D eigenvalue weighted by molar-refractivity contribution is 7.85. The molecule has 0 aromatic carbocycles. The Balaban J connectivity index is 3.17. The van der Waals surface area contributed by atoms with E-state index in [1.165, 1.54) is 83.5 Å². The normalized spacial score (nSPS) is 13.3. The first-order valence-electron chi connectivity index (χ1n) is 10.2. The van der Waals surface area contributed by atoms with Crippen molar-refractivity contribution in [1.82, 2.24) is 0 Å². The van der Waals surface area contributed by atoms with E-state index in [2.05, 4.69) is 6.92 Å². The van der Waals surface area contributed by atoms with Crippen LogP contribution in [0, 0.1) is 0 Å². The van der Waals surface area contributed by atoms with Gasteiger partial charge in [-0.15, -0.1) is 0 Å². The van der Waals surface area contributed by atoms with Crippen molar-refractivity contribution < 1.29 is 13.0 Å². The first-order chi connectivity index (χ1) is 11.5. The van der Waals surface area contributed by atoms with Crippen LogP contribution < -0.4 is 5.73 Å². The molecule has 0 saturated carbocycles.